The van der Waals surface area contributed by atoms with Crippen LogP contribution < -0.4 is 9.80 Å². The predicted molar refractivity (Wildman–Crippen MR) is 284 cm³/mol. The van der Waals surface area contributed by atoms with E-state index in [0.29, 0.717) is 0 Å². The highest BCUT2D eigenvalue weighted by atomic mass is 15.2. The second-order valence-corrected chi connectivity index (χ2v) is 18.0. The molecule has 12 aromatic rings. The molecule has 1 spiro atoms. The molecule has 0 saturated heterocycles. The Morgan fingerprint density at radius 2 is 0.809 bits per heavy atom. The zero-order valence-corrected chi connectivity index (χ0v) is 37.2. The van der Waals surface area contributed by atoms with E-state index in [2.05, 4.69) is 275 Å². The number of aromatic nitrogens is 1. The summed E-state index contributed by atoms with van der Waals surface area (Å²) in [4.78, 5) is 4.93. The van der Waals surface area contributed by atoms with Gasteiger partial charge in [0.05, 0.1) is 27.8 Å². The molecule has 1 aromatic heterocycles. The zero-order valence-electron chi connectivity index (χ0n) is 37.2. The third kappa shape index (κ3) is 5.41. The fraction of sp³-hybridized carbons (Fsp3) is 0.0154. The van der Waals surface area contributed by atoms with E-state index in [1.807, 2.05) is 0 Å². The standard InChI is InChI=1S/C65H43N3/c1-5-22-44(23-6-1)66(45-24-7-2-8-25-45)48-40-41-50-49-30-15-18-35-55(49)65(57(50)42-48)56-36-19-16-33-53(56)63-52-32-14-13-31-51(52)62(43-58(63)65)68(47-28-11-4-12-29-47)61-39-21-38-60-64(61)54-34-17-20-37-59(54)67(60)46-26-9-3-10-27-46/h1-43H. The molecule has 0 radical (unpaired) electrons. The predicted octanol–water partition coefficient (Wildman–Crippen LogP) is 17.2. The van der Waals surface area contributed by atoms with Crippen LogP contribution in [-0.4, -0.2) is 4.57 Å². The van der Waals surface area contributed by atoms with Gasteiger partial charge in [0.25, 0.3) is 0 Å². The van der Waals surface area contributed by atoms with Crippen molar-refractivity contribution in [1.29, 1.82) is 0 Å². The van der Waals surface area contributed by atoms with Gasteiger partial charge in [-0.2, -0.15) is 0 Å². The van der Waals surface area contributed by atoms with Gasteiger partial charge in [0.2, 0.25) is 0 Å². The van der Waals surface area contributed by atoms with Crippen molar-refractivity contribution in [1.82, 2.24) is 4.57 Å². The molecule has 3 heteroatoms. The Hall–Kier alpha value is -8.92. The Labute approximate surface area is 395 Å². The Morgan fingerprint density at radius 1 is 0.294 bits per heavy atom. The number of rotatable bonds is 7. The molecule has 1 unspecified atom stereocenters. The smallest absolute Gasteiger partial charge is 0.0727 e. The van der Waals surface area contributed by atoms with E-state index in [1.165, 1.54) is 71.6 Å². The van der Waals surface area contributed by atoms with Gasteiger partial charge < -0.3 is 14.4 Å². The minimum Gasteiger partial charge on any atom is -0.310 e. The topological polar surface area (TPSA) is 11.4 Å². The van der Waals surface area contributed by atoms with E-state index in [9.17, 15) is 0 Å². The van der Waals surface area contributed by atoms with Crippen LogP contribution in [0.2, 0.25) is 0 Å². The number of hydrogen-bond acceptors (Lipinski definition) is 2. The molecular formula is C65H43N3. The van der Waals surface area contributed by atoms with Crippen LogP contribution in [0, 0.1) is 0 Å². The first kappa shape index (κ1) is 38.4. The third-order valence-corrected chi connectivity index (χ3v) is 14.5. The van der Waals surface area contributed by atoms with E-state index in [0.717, 1.165) is 45.3 Å². The summed E-state index contributed by atoms with van der Waals surface area (Å²) in [6.07, 6.45) is 0. The fourth-order valence-electron chi connectivity index (χ4n) is 11.9. The average molecular weight is 866 g/mol. The molecule has 0 saturated carbocycles. The third-order valence-electron chi connectivity index (χ3n) is 14.5. The molecule has 11 aromatic carbocycles. The van der Waals surface area contributed by atoms with Crippen LogP contribution in [0.3, 0.4) is 0 Å². The molecule has 0 N–H and O–H groups in total. The fourth-order valence-corrected chi connectivity index (χ4v) is 11.9. The minimum absolute atomic E-state index is 0.622. The van der Waals surface area contributed by atoms with Crippen LogP contribution in [0.25, 0.3) is 60.5 Å². The second-order valence-electron chi connectivity index (χ2n) is 18.0. The summed E-state index contributed by atoms with van der Waals surface area (Å²) in [6.45, 7) is 0. The Kier molecular flexibility index (Phi) is 8.50. The molecule has 2 aliphatic rings. The highest BCUT2D eigenvalue weighted by Gasteiger charge is 2.52. The normalized spacial score (nSPS) is 14.2. The minimum atomic E-state index is -0.622. The van der Waals surface area contributed by atoms with E-state index < -0.39 is 5.41 Å². The van der Waals surface area contributed by atoms with Gasteiger partial charge in [0.15, 0.2) is 0 Å². The average Bonchev–Trinajstić information content (AvgIpc) is 4.02. The van der Waals surface area contributed by atoms with Gasteiger partial charge in [-0.3, -0.25) is 0 Å². The number of fused-ring (bicyclic) bond motifs is 15. The lowest BCUT2D eigenvalue weighted by Gasteiger charge is -2.34. The first-order valence-corrected chi connectivity index (χ1v) is 23.5. The largest absolute Gasteiger partial charge is 0.310 e. The highest BCUT2D eigenvalue weighted by molar-refractivity contribution is 6.19. The number of hydrogen-bond donors (Lipinski definition) is 0. The molecule has 68 heavy (non-hydrogen) atoms. The van der Waals surface area contributed by atoms with E-state index in [4.69, 9.17) is 0 Å². The molecule has 0 bridgehead atoms. The van der Waals surface area contributed by atoms with Crippen molar-refractivity contribution in [2.24, 2.45) is 0 Å². The van der Waals surface area contributed by atoms with Crippen molar-refractivity contribution in [2.75, 3.05) is 9.80 Å². The summed E-state index contributed by atoms with van der Waals surface area (Å²) in [5.74, 6) is 0. The molecular weight excluding hydrogens is 823 g/mol. The highest BCUT2D eigenvalue weighted by Crippen LogP contribution is 2.65. The molecule has 2 aliphatic carbocycles. The van der Waals surface area contributed by atoms with Gasteiger partial charge in [0, 0.05) is 44.6 Å². The first-order chi connectivity index (χ1) is 33.8. The van der Waals surface area contributed by atoms with Crippen molar-refractivity contribution >= 4 is 66.7 Å². The lowest BCUT2D eigenvalue weighted by atomic mass is 9.70. The van der Waals surface area contributed by atoms with Crippen molar-refractivity contribution in [3.05, 3.63) is 283 Å². The van der Waals surface area contributed by atoms with Gasteiger partial charge >= 0.3 is 0 Å². The van der Waals surface area contributed by atoms with Crippen molar-refractivity contribution in [3.63, 3.8) is 0 Å². The monoisotopic (exact) mass is 865 g/mol. The maximum atomic E-state index is 2.56. The van der Waals surface area contributed by atoms with Crippen LogP contribution in [0.15, 0.2) is 261 Å². The Bertz CT molecular complexity index is 3870. The molecule has 0 fully saturated rings. The maximum absolute atomic E-state index is 2.56. The summed E-state index contributed by atoms with van der Waals surface area (Å²) in [7, 11) is 0. The summed E-state index contributed by atoms with van der Waals surface area (Å²) in [5.41, 5.74) is 19.9. The molecule has 1 heterocycles. The number of para-hydroxylation sites is 5. The molecule has 0 amide bonds. The van der Waals surface area contributed by atoms with Crippen LogP contribution in [-0.2, 0) is 5.41 Å². The molecule has 3 nitrogen and oxygen atoms in total. The van der Waals surface area contributed by atoms with Gasteiger partial charge in [-0.15, -0.1) is 0 Å². The van der Waals surface area contributed by atoms with Crippen molar-refractivity contribution in [2.45, 2.75) is 5.41 Å². The lowest BCUT2D eigenvalue weighted by molar-refractivity contribution is 0.794. The molecule has 0 aliphatic heterocycles. The van der Waals surface area contributed by atoms with Crippen molar-refractivity contribution in [3.8, 4) is 27.9 Å². The SMILES string of the molecule is c1ccc(N(c2ccccc2)c2ccc3c(c2)C2(c4ccccc4-3)c3ccccc3-c3c2cc(N(c2ccccc2)c2cccc4c2c2ccccc2n4-c2ccccc2)c2ccccc32)cc1. The van der Waals surface area contributed by atoms with Crippen LogP contribution in [0.4, 0.5) is 34.1 Å². The quantitative estimate of drug-likeness (QED) is 0.158. The summed E-state index contributed by atoms with van der Waals surface area (Å²) in [6, 6.07) is 96.1. The van der Waals surface area contributed by atoms with Gasteiger partial charge in [0.1, 0.15) is 0 Å². The van der Waals surface area contributed by atoms with Crippen LogP contribution in [0.1, 0.15) is 22.3 Å². The molecule has 1 atom stereocenters. The summed E-state index contributed by atoms with van der Waals surface area (Å²) >= 11 is 0. The molecule has 318 valence electrons. The van der Waals surface area contributed by atoms with E-state index in [1.54, 1.807) is 0 Å². The summed E-state index contributed by atoms with van der Waals surface area (Å²) in [5, 5.41) is 4.86. The van der Waals surface area contributed by atoms with E-state index >= 15 is 0 Å². The zero-order chi connectivity index (χ0) is 44.8. The first-order valence-electron chi connectivity index (χ1n) is 23.5. The van der Waals surface area contributed by atoms with Crippen molar-refractivity contribution < 1.29 is 0 Å². The lowest BCUT2D eigenvalue weighted by Crippen LogP contribution is -2.26. The second kappa shape index (κ2) is 15.1. The Balaban J connectivity index is 1.10. The van der Waals surface area contributed by atoms with Gasteiger partial charge in [-0.1, -0.05) is 176 Å². The van der Waals surface area contributed by atoms with Crippen LogP contribution in [0.5, 0.6) is 0 Å². The maximum Gasteiger partial charge on any atom is 0.0727 e. The number of benzene rings is 11. The van der Waals surface area contributed by atoms with Gasteiger partial charge in [-0.25, -0.2) is 0 Å². The van der Waals surface area contributed by atoms with E-state index in [-0.39, 0.29) is 0 Å². The Morgan fingerprint density at radius 3 is 1.50 bits per heavy atom. The van der Waals surface area contributed by atoms with Crippen LogP contribution >= 0.6 is 0 Å². The summed E-state index contributed by atoms with van der Waals surface area (Å²) < 4.78 is 2.42. The van der Waals surface area contributed by atoms with Gasteiger partial charge in [-0.05, 0) is 135 Å². The molecule has 14 rings (SSSR count). The number of anilines is 6. The number of nitrogens with zero attached hydrogens (tertiary/aromatic N) is 3.